The molecule has 2 rings (SSSR count). The Labute approximate surface area is 140 Å². The minimum atomic E-state index is -0.589. The van der Waals surface area contributed by atoms with Crippen molar-refractivity contribution in [1.29, 1.82) is 0 Å². The van der Waals surface area contributed by atoms with E-state index in [1.54, 1.807) is 55.6 Å². The van der Waals surface area contributed by atoms with Crippen molar-refractivity contribution in [1.82, 2.24) is 0 Å². The van der Waals surface area contributed by atoms with Crippen LogP contribution in [0.15, 0.2) is 53.7 Å². The Kier molecular flexibility index (Phi) is 6.19. The van der Waals surface area contributed by atoms with Gasteiger partial charge in [0, 0.05) is 5.56 Å². The van der Waals surface area contributed by atoms with Gasteiger partial charge in [0.05, 0.1) is 19.3 Å². The summed E-state index contributed by atoms with van der Waals surface area (Å²) in [6, 6.07) is 13.6. The number of hydrogen-bond acceptors (Lipinski definition) is 5. The van der Waals surface area contributed by atoms with Crippen LogP contribution in [-0.4, -0.2) is 25.5 Å². The molecule has 0 aliphatic carbocycles. The van der Waals surface area contributed by atoms with E-state index in [0.717, 1.165) is 6.42 Å². The second-order valence-corrected chi connectivity index (χ2v) is 4.96. The predicted molar refractivity (Wildman–Crippen MR) is 91.4 cm³/mol. The fourth-order valence-electron chi connectivity index (χ4n) is 1.86. The first-order chi connectivity index (χ1) is 11.6. The molecule has 0 bridgehead atoms. The molecule has 6 nitrogen and oxygen atoms in total. The van der Waals surface area contributed by atoms with E-state index in [0.29, 0.717) is 29.2 Å². The van der Waals surface area contributed by atoms with Crippen LogP contribution in [0.1, 0.15) is 29.3 Å². The first-order valence-electron chi connectivity index (χ1n) is 7.56. The van der Waals surface area contributed by atoms with Crippen LogP contribution < -0.4 is 15.2 Å². The van der Waals surface area contributed by atoms with Gasteiger partial charge < -0.3 is 20.0 Å². The molecule has 0 aromatic heterocycles. The molecule has 0 atom stereocenters. The maximum Gasteiger partial charge on any atom is 0.365 e. The van der Waals surface area contributed by atoms with Crippen LogP contribution in [0.25, 0.3) is 0 Å². The Balaban J connectivity index is 1.97. The number of hydrogen-bond donors (Lipinski definition) is 1. The highest BCUT2D eigenvalue weighted by Gasteiger charge is 2.08. The third kappa shape index (κ3) is 4.74. The van der Waals surface area contributed by atoms with Gasteiger partial charge >= 0.3 is 5.97 Å². The second kappa shape index (κ2) is 8.57. The van der Waals surface area contributed by atoms with Gasteiger partial charge in [0.2, 0.25) is 0 Å². The SMILES string of the molecule is CCCOc1ccc(C(=O)O/N=C(/N)c2ccc(OC)cc2)cc1. The first-order valence-corrected chi connectivity index (χ1v) is 7.56. The molecular formula is C18H20N2O4. The normalized spacial score (nSPS) is 11.0. The number of methoxy groups -OCH3 is 1. The van der Waals surface area contributed by atoms with Gasteiger partial charge in [0.15, 0.2) is 5.84 Å². The summed E-state index contributed by atoms with van der Waals surface area (Å²) in [7, 11) is 1.58. The molecular weight excluding hydrogens is 308 g/mol. The van der Waals surface area contributed by atoms with Crippen LogP contribution >= 0.6 is 0 Å². The summed E-state index contributed by atoms with van der Waals surface area (Å²) < 4.78 is 10.5. The van der Waals surface area contributed by atoms with Crippen LogP contribution in [0.5, 0.6) is 11.5 Å². The zero-order valence-electron chi connectivity index (χ0n) is 13.7. The van der Waals surface area contributed by atoms with Crippen molar-refractivity contribution in [3.05, 3.63) is 59.7 Å². The van der Waals surface area contributed by atoms with Gasteiger partial charge in [-0.05, 0) is 55.0 Å². The third-order valence-electron chi connectivity index (χ3n) is 3.18. The van der Waals surface area contributed by atoms with Crippen molar-refractivity contribution in [2.24, 2.45) is 10.9 Å². The molecule has 0 heterocycles. The monoisotopic (exact) mass is 328 g/mol. The Hall–Kier alpha value is -3.02. The van der Waals surface area contributed by atoms with Crippen molar-refractivity contribution in [3.8, 4) is 11.5 Å². The van der Waals surface area contributed by atoms with Crippen molar-refractivity contribution in [3.63, 3.8) is 0 Å². The Morgan fingerprint density at radius 2 is 1.58 bits per heavy atom. The summed E-state index contributed by atoms with van der Waals surface area (Å²) >= 11 is 0. The average molecular weight is 328 g/mol. The van der Waals surface area contributed by atoms with Gasteiger partial charge in [-0.3, -0.25) is 0 Å². The number of amidine groups is 1. The average Bonchev–Trinajstić information content (AvgIpc) is 2.64. The largest absolute Gasteiger partial charge is 0.497 e. The Morgan fingerprint density at radius 3 is 2.17 bits per heavy atom. The van der Waals surface area contributed by atoms with Gasteiger partial charge in [-0.2, -0.15) is 0 Å². The summed E-state index contributed by atoms with van der Waals surface area (Å²) in [5.41, 5.74) is 6.80. The number of benzene rings is 2. The summed E-state index contributed by atoms with van der Waals surface area (Å²) in [4.78, 5) is 16.8. The topological polar surface area (TPSA) is 83.1 Å². The molecule has 126 valence electrons. The first kappa shape index (κ1) is 17.3. The molecule has 24 heavy (non-hydrogen) atoms. The molecule has 0 saturated heterocycles. The molecule has 2 N–H and O–H groups in total. The lowest BCUT2D eigenvalue weighted by atomic mass is 10.2. The number of oxime groups is 1. The Bertz CT molecular complexity index is 694. The van der Waals surface area contributed by atoms with E-state index in [4.69, 9.17) is 20.0 Å². The maximum absolute atomic E-state index is 12.0. The quantitative estimate of drug-likeness (QED) is 0.366. The molecule has 0 amide bonds. The highest BCUT2D eigenvalue weighted by molar-refractivity contribution is 5.98. The van der Waals surface area contributed by atoms with Crippen LogP contribution in [0.2, 0.25) is 0 Å². The molecule has 2 aromatic carbocycles. The molecule has 2 aromatic rings. The summed E-state index contributed by atoms with van der Waals surface area (Å²) in [6.07, 6.45) is 0.920. The predicted octanol–water partition coefficient (Wildman–Crippen LogP) is 2.96. The standard InChI is InChI=1S/C18H20N2O4/c1-3-12-23-16-10-6-14(7-11-16)18(21)24-20-17(19)13-4-8-15(22-2)9-5-13/h4-11H,3,12H2,1-2H3,(H2,19,20). The Morgan fingerprint density at radius 1 is 1.00 bits per heavy atom. The molecule has 0 radical (unpaired) electrons. The highest BCUT2D eigenvalue weighted by Crippen LogP contribution is 2.14. The summed E-state index contributed by atoms with van der Waals surface area (Å²) in [5.74, 6) is 0.922. The zero-order valence-corrected chi connectivity index (χ0v) is 13.7. The molecule has 0 aliphatic heterocycles. The third-order valence-corrected chi connectivity index (χ3v) is 3.18. The number of carbonyl (C=O) groups excluding carboxylic acids is 1. The van der Waals surface area contributed by atoms with E-state index in [9.17, 15) is 4.79 Å². The van der Waals surface area contributed by atoms with Crippen molar-refractivity contribution < 1.29 is 19.1 Å². The van der Waals surface area contributed by atoms with E-state index in [1.165, 1.54) is 0 Å². The fourth-order valence-corrected chi connectivity index (χ4v) is 1.86. The van der Waals surface area contributed by atoms with Gasteiger partial charge in [0.25, 0.3) is 0 Å². The number of nitrogens with two attached hydrogens (primary N) is 1. The van der Waals surface area contributed by atoms with Crippen molar-refractivity contribution >= 4 is 11.8 Å². The van der Waals surface area contributed by atoms with E-state index in [1.807, 2.05) is 6.92 Å². The minimum absolute atomic E-state index is 0.105. The van der Waals surface area contributed by atoms with Crippen LogP contribution in [0.3, 0.4) is 0 Å². The molecule has 6 heteroatoms. The van der Waals surface area contributed by atoms with Crippen LogP contribution in [0, 0.1) is 0 Å². The lowest BCUT2D eigenvalue weighted by Crippen LogP contribution is -2.15. The smallest absolute Gasteiger partial charge is 0.365 e. The van der Waals surface area contributed by atoms with Crippen LogP contribution in [0.4, 0.5) is 0 Å². The number of rotatable bonds is 7. The van der Waals surface area contributed by atoms with E-state index < -0.39 is 5.97 Å². The van der Waals surface area contributed by atoms with Gasteiger partial charge in [-0.1, -0.05) is 12.1 Å². The van der Waals surface area contributed by atoms with E-state index in [-0.39, 0.29) is 5.84 Å². The molecule has 0 aliphatic rings. The lowest BCUT2D eigenvalue weighted by molar-refractivity contribution is 0.0516. The summed E-state index contributed by atoms with van der Waals surface area (Å²) in [6.45, 7) is 2.66. The number of carbonyl (C=O) groups is 1. The maximum atomic E-state index is 12.0. The number of nitrogens with zero attached hydrogens (tertiary/aromatic N) is 1. The van der Waals surface area contributed by atoms with Crippen molar-refractivity contribution in [2.45, 2.75) is 13.3 Å². The van der Waals surface area contributed by atoms with Crippen molar-refractivity contribution in [2.75, 3.05) is 13.7 Å². The fraction of sp³-hybridized carbons (Fsp3) is 0.222. The molecule has 0 spiro atoms. The van der Waals surface area contributed by atoms with Gasteiger partial charge in [-0.15, -0.1) is 0 Å². The molecule has 0 saturated carbocycles. The van der Waals surface area contributed by atoms with Crippen LogP contribution in [-0.2, 0) is 4.84 Å². The molecule has 0 fully saturated rings. The van der Waals surface area contributed by atoms with E-state index in [2.05, 4.69) is 5.16 Å². The highest BCUT2D eigenvalue weighted by atomic mass is 16.7. The van der Waals surface area contributed by atoms with Gasteiger partial charge in [0.1, 0.15) is 11.5 Å². The zero-order chi connectivity index (χ0) is 17.4. The lowest BCUT2D eigenvalue weighted by Gasteiger charge is -2.05. The summed E-state index contributed by atoms with van der Waals surface area (Å²) in [5, 5.41) is 3.67. The van der Waals surface area contributed by atoms with Gasteiger partial charge in [-0.25, -0.2) is 4.79 Å². The van der Waals surface area contributed by atoms with E-state index >= 15 is 0 Å². The molecule has 0 unspecified atom stereocenters. The number of ether oxygens (including phenoxy) is 2. The minimum Gasteiger partial charge on any atom is -0.497 e. The second-order valence-electron chi connectivity index (χ2n) is 4.96.